The number of nitrogens with one attached hydrogen (secondary N) is 2. The van der Waals surface area contributed by atoms with Crippen LogP contribution in [-0.2, 0) is 15.1 Å². The Bertz CT molecular complexity index is 945. The maximum Gasteiger partial charge on any atom is 0.325 e. The lowest BCUT2D eigenvalue weighted by molar-refractivity contribution is -0.133. The van der Waals surface area contributed by atoms with Crippen molar-refractivity contribution in [2.75, 3.05) is 11.9 Å². The average molecular weight is 353 g/mol. The van der Waals surface area contributed by atoms with Crippen LogP contribution in [-0.4, -0.2) is 34.4 Å². The fourth-order valence-corrected chi connectivity index (χ4v) is 2.68. The van der Waals surface area contributed by atoms with Gasteiger partial charge in [0.05, 0.1) is 17.3 Å². The summed E-state index contributed by atoms with van der Waals surface area (Å²) in [5.74, 6) is -1.05. The molecule has 4 amide bonds. The fourth-order valence-electron chi connectivity index (χ4n) is 2.68. The number of rotatable bonds is 4. The molecule has 0 spiro atoms. The first-order valence-corrected chi connectivity index (χ1v) is 7.71. The SMILES string of the molecule is Cc1cc(NC(=O)CN2C(=O)NC(C)(c3cccc(C#N)c3)C2=O)on1. The molecule has 2 aromatic rings. The Balaban J connectivity index is 1.78. The molecule has 9 heteroatoms. The van der Waals surface area contributed by atoms with E-state index in [1.807, 2.05) is 6.07 Å². The molecule has 1 unspecified atom stereocenters. The highest BCUT2D eigenvalue weighted by Gasteiger charge is 2.49. The van der Waals surface area contributed by atoms with Gasteiger partial charge in [-0.3, -0.25) is 19.8 Å². The van der Waals surface area contributed by atoms with Crippen LogP contribution in [0.1, 0.15) is 23.7 Å². The third kappa shape index (κ3) is 3.00. The number of hydrogen-bond acceptors (Lipinski definition) is 6. The molecule has 2 heterocycles. The Hall–Kier alpha value is -3.67. The van der Waals surface area contributed by atoms with Crippen LogP contribution in [0.3, 0.4) is 0 Å². The van der Waals surface area contributed by atoms with Crippen molar-refractivity contribution in [1.29, 1.82) is 5.26 Å². The fraction of sp³-hybridized carbons (Fsp3) is 0.235. The van der Waals surface area contributed by atoms with Crippen molar-refractivity contribution in [3.63, 3.8) is 0 Å². The minimum atomic E-state index is -1.35. The van der Waals surface area contributed by atoms with Crippen molar-refractivity contribution in [2.24, 2.45) is 0 Å². The summed E-state index contributed by atoms with van der Waals surface area (Å²) in [6.07, 6.45) is 0. The largest absolute Gasteiger partial charge is 0.338 e. The summed E-state index contributed by atoms with van der Waals surface area (Å²) in [7, 11) is 0. The quantitative estimate of drug-likeness (QED) is 0.796. The Morgan fingerprint density at radius 3 is 2.85 bits per heavy atom. The van der Waals surface area contributed by atoms with E-state index in [-0.39, 0.29) is 5.88 Å². The van der Waals surface area contributed by atoms with E-state index in [1.165, 1.54) is 19.1 Å². The second-order valence-electron chi connectivity index (χ2n) is 6.02. The zero-order valence-corrected chi connectivity index (χ0v) is 14.1. The zero-order chi connectivity index (χ0) is 18.9. The van der Waals surface area contributed by atoms with Gasteiger partial charge in [-0.15, -0.1) is 0 Å². The van der Waals surface area contributed by atoms with Gasteiger partial charge in [0.25, 0.3) is 5.91 Å². The number of anilines is 1. The Labute approximate surface area is 148 Å². The summed E-state index contributed by atoms with van der Waals surface area (Å²) >= 11 is 0. The molecule has 0 aliphatic carbocycles. The molecule has 9 nitrogen and oxygen atoms in total. The van der Waals surface area contributed by atoms with E-state index in [0.29, 0.717) is 16.8 Å². The molecule has 132 valence electrons. The second-order valence-corrected chi connectivity index (χ2v) is 6.02. The van der Waals surface area contributed by atoms with E-state index in [9.17, 15) is 14.4 Å². The smallest absolute Gasteiger partial charge is 0.325 e. The molecule has 26 heavy (non-hydrogen) atoms. The summed E-state index contributed by atoms with van der Waals surface area (Å²) in [6, 6.07) is 9.20. The number of hydrogen-bond donors (Lipinski definition) is 2. The summed E-state index contributed by atoms with van der Waals surface area (Å²) in [5, 5.41) is 17.7. The van der Waals surface area contributed by atoms with Crippen LogP contribution < -0.4 is 10.6 Å². The molecule has 1 aliphatic rings. The molecule has 2 N–H and O–H groups in total. The first-order valence-electron chi connectivity index (χ1n) is 7.71. The lowest BCUT2D eigenvalue weighted by atomic mass is 9.91. The molecule has 0 bridgehead atoms. The van der Waals surface area contributed by atoms with Crippen molar-refractivity contribution >= 4 is 23.7 Å². The van der Waals surface area contributed by atoms with Crippen LogP contribution in [0.5, 0.6) is 0 Å². The van der Waals surface area contributed by atoms with Gasteiger partial charge in [0.15, 0.2) is 0 Å². The molecule has 1 atom stereocenters. The number of benzene rings is 1. The minimum absolute atomic E-state index is 0.129. The van der Waals surface area contributed by atoms with E-state index < -0.39 is 29.9 Å². The molecular weight excluding hydrogens is 338 g/mol. The number of carbonyl (C=O) groups excluding carboxylic acids is 3. The molecule has 0 radical (unpaired) electrons. The highest BCUT2D eigenvalue weighted by atomic mass is 16.5. The lowest BCUT2D eigenvalue weighted by Crippen LogP contribution is -2.42. The number of urea groups is 1. The molecule has 1 fully saturated rings. The molecule has 1 saturated heterocycles. The van der Waals surface area contributed by atoms with Gasteiger partial charge in [-0.25, -0.2) is 4.79 Å². The molecule has 1 aromatic carbocycles. The number of amides is 4. The van der Waals surface area contributed by atoms with E-state index in [1.54, 1.807) is 25.1 Å². The van der Waals surface area contributed by atoms with Crippen LogP contribution in [0.4, 0.5) is 10.7 Å². The zero-order valence-electron chi connectivity index (χ0n) is 14.1. The van der Waals surface area contributed by atoms with Crippen molar-refractivity contribution in [1.82, 2.24) is 15.4 Å². The Morgan fingerprint density at radius 1 is 1.42 bits per heavy atom. The van der Waals surface area contributed by atoms with Crippen LogP contribution in [0, 0.1) is 18.3 Å². The predicted octanol–water partition coefficient (Wildman–Crippen LogP) is 1.26. The summed E-state index contributed by atoms with van der Waals surface area (Å²) in [6.45, 7) is 2.75. The standard InChI is InChI=1S/C17H15N5O4/c1-10-6-14(26-21-10)19-13(23)9-22-15(24)17(2,20-16(22)25)12-5-3-4-11(7-12)8-18/h3-7H,9H2,1-2H3,(H,19,23)(H,20,25). The first kappa shape index (κ1) is 17.2. The highest BCUT2D eigenvalue weighted by molar-refractivity contribution is 6.10. The number of nitriles is 1. The Morgan fingerprint density at radius 2 is 2.19 bits per heavy atom. The number of nitrogens with zero attached hydrogens (tertiary/aromatic N) is 3. The van der Waals surface area contributed by atoms with Gasteiger partial charge in [0.2, 0.25) is 11.8 Å². The third-order valence-electron chi connectivity index (χ3n) is 4.04. The summed E-state index contributed by atoms with van der Waals surface area (Å²) in [5.41, 5.74) is 0.0547. The topological polar surface area (TPSA) is 128 Å². The van der Waals surface area contributed by atoms with Crippen molar-refractivity contribution in [3.05, 3.63) is 47.2 Å². The molecule has 1 aromatic heterocycles. The van der Waals surface area contributed by atoms with Gasteiger partial charge < -0.3 is 9.84 Å². The van der Waals surface area contributed by atoms with E-state index in [4.69, 9.17) is 9.78 Å². The third-order valence-corrected chi connectivity index (χ3v) is 4.04. The first-order chi connectivity index (χ1) is 12.3. The van der Waals surface area contributed by atoms with Gasteiger partial charge in [-0.05, 0) is 31.5 Å². The molecule has 3 rings (SSSR count). The van der Waals surface area contributed by atoms with Gasteiger partial charge in [0.1, 0.15) is 12.1 Å². The van der Waals surface area contributed by atoms with Gasteiger partial charge >= 0.3 is 6.03 Å². The summed E-state index contributed by atoms with van der Waals surface area (Å²) < 4.78 is 4.87. The second kappa shape index (κ2) is 6.33. The monoisotopic (exact) mass is 353 g/mol. The number of aryl methyl sites for hydroxylation is 1. The van der Waals surface area contributed by atoms with E-state index in [0.717, 1.165) is 4.90 Å². The lowest BCUT2D eigenvalue weighted by Gasteiger charge is -2.22. The average Bonchev–Trinajstić information content (AvgIpc) is 3.11. The van der Waals surface area contributed by atoms with Gasteiger partial charge in [-0.1, -0.05) is 17.3 Å². The van der Waals surface area contributed by atoms with Crippen LogP contribution in [0.15, 0.2) is 34.9 Å². The highest BCUT2D eigenvalue weighted by Crippen LogP contribution is 2.29. The maximum absolute atomic E-state index is 12.8. The normalized spacial score (nSPS) is 19.2. The van der Waals surface area contributed by atoms with E-state index >= 15 is 0 Å². The minimum Gasteiger partial charge on any atom is -0.338 e. The van der Waals surface area contributed by atoms with Crippen molar-refractivity contribution < 1.29 is 18.9 Å². The maximum atomic E-state index is 12.8. The van der Waals surface area contributed by atoms with Crippen LogP contribution in [0.2, 0.25) is 0 Å². The number of imide groups is 1. The molecular formula is C17H15N5O4. The Kier molecular flexibility index (Phi) is 4.18. The van der Waals surface area contributed by atoms with Crippen LogP contribution >= 0.6 is 0 Å². The van der Waals surface area contributed by atoms with E-state index in [2.05, 4.69) is 15.8 Å². The van der Waals surface area contributed by atoms with Crippen LogP contribution in [0.25, 0.3) is 0 Å². The number of carbonyl (C=O) groups is 3. The molecule has 1 aliphatic heterocycles. The number of aromatic nitrogens is 1. The molecule has 0 saturated carbocycles. The van der Waals surface area contributed by atoms with Gasteiger partial charge in [0, 0.05) is 6.07 Å². The summed E-state index contributed by atoms with van der Waals surface area (Å²) in [4.78, 5) is 37.9. The van der Waals surface area contributed by atoms with Gasteiger partial charge in [-0.2, -0.15) is 5.26 Å². The van der Waals surface area contributed by atoms with Crippen molar-refractivity contribution in [3.8, 4) is 6.07 Å². The van der Waals surface area contributed by atoms with Crippen molar-refractivity contribution in [2.45, 2.75) is 19.4 Å². The predicted molar refractivity (Wildman–Crippen MR) is 88.6 cm³/mol.